The molecule has 0 spiro atoms. The number of carbonyl (C=O) groups is 1. The van der Waals surface area contributed by atoms with Gasteiger partial charge in [-0.3, -0.25) is 0 Å². The number of alkyl halides is 3. The van der Waals surface area contributed by atoms with Gasteiger partial charge in [-0.2, -0.15) is 17.5 Å². The van der Waals surface area contributed by atoms with Crippen molar-refractivity contribution in [2.24, 2.45) is 0 Å². The number of sulfonamides is 1. The summed E-state index contributed by atoms with van der Waals surface area (Å²) in [6, 6.07) is 18.1. The molecule has 0 aliphatic heterocycles. The van der Waals surface area contributed by atoms with Crippen LogP contribution in [0.1, 0.15) is 39.7 Å². The van der Waals surface area contributed by atoms with Crippen LogP contribution >= 0.6 is 0 Å². The van der Waals surface area contributed by atoms with Crippen molar-refractivity contribution in [1.29, 1.82) is 0 Å². The van der Waals surface area contributed by atoms with E-state index in [0.29, 0.717) is 23.0 Å². The maximum atomic E-state index is 13.8. The number of rotatable bonds is 9. The molecule has 3 aromatic carbocycles. The quantitative estimate of drug-likeness (QED) is 0.229. The first-order valence-corrected chi connectivity index (χ1v) is 13.3. The van der Waals surface area contributed by atoms with Crippen LogP contribution in [0.15, 0.2) is 82.1 Å². The van der Waals surface area contributed by atoms with Gasteiger partial charge in [0.25, 0.3) is 0 Å². The molecule has 4 rings (SSSR count). The van der Waals surface area contributed by atoms with E-state index < -0.39 is 27.7 Å². The van der Waals surface area contributed by atoms with Crippen LogP contribution in [0.4, 0.5) is 13.2 Å². The van der Waals surface area contributed by atoms with Crippen LogP contribution in [0.25, 0.3) is 11.0 Å². The monoisotopic (exact) mass is 545 g/mol. The van der Waals surface area contributed by atoms with Crippen molar-refractivity contribution in [2.45, 2.75) is 37.9 Å². The molecule has 0 N–H and O–H groups in total. The smallest absolute Gasteiger partial charge is 0.416 e. The lowest BCUT2D eigenvalue weighted by molar-refractivity contribution is -0.137. The minimum atomic E-state index is -4.55. The van der Waals surface area contributed by atoms with Crippen LogP contribution < -0.4 is 0 Å². The Morgan fingerprint density at radius 2 is 1.68 bits per heavy atom. The zero-order valence-corrected chi connectivity index (χ0v) is 21.6. The SMILES string of the molecule is CCOC(=O)c1oc2ccc(S(=O)(=O)N(CCc3ccccc3)Cc3cccc(C(F)(F)F)c3)cc2c1C. The van der Waals surface area contributed by atoms with Crippen LogP contribution in [0.2, 0.25) is 0 Å². The van der Waals surface area contributed by atoms with Crippen LogP contribution in [0, 0.1) is 6.92 Å². The van der Waals surface area contributed by atoms with Crippen LogP contribution in [0.3, 0.4) is 0 Å². The van der Waals surface area contributed by atoms with E-state index in [9.17, 15) is 26.4 Å². The fourth-order valence-corrected chi connectivity index (χ4v) is 5.59. The first-order valence-electron chi connectivity index (χ1n) is 11.9. The first kappa shape index (κ1) is 27.4. The number of esters is 1. The molecule has 10 heteroatoms. The van der Waals surface area contributed by atoms with Crippen molar-refractivity contribution in [3.8, 4) is 0 Å². The van der Waals surface area contributed by atoms with Crippen LogP contribution in [-0.4, -0.2) is 31.8 Å². The van der Waals surface area contributed by atoms with Gasteiger partial charge in [-0.25, -0.2) is 13.2 Å². The molecule has 0 aliphatic rings. The van der Waals surface area contributed by atoms with Crippen molar-refractivity contribution >= 4 is 27.0 Å². The van der Waals surface area contributed by atoms with Crippen molar-refractivity contribution in [3.63, 3.8) is 0 Å². The van der Waals surface area contributed by atoms with Gasteiger partial charge >= 0.3 is 12.1 Å². The second kappa shape index (κ2) is 11.0. The molecule has 200 valence electrons. The average Bonchev–Trinajstić information content (AvgIpc) is 3.22. The molecule has 1 aromatic heterocycles. The maximum Gasteiger partial charge on any atom is 0.416 e. The Kier molecular flexibility index (Phi) is 7.94. The van der Waals surface area contributed by atoms with Gasteiger partial charge in [0.2, 0.25) is 15.8 Å². The maximum absolute atomic E-state index is 13.8. The molecule has 0 fully saturated rings. The van der Waals surface area contributed by atoms with Gasteiger partial charge in [0.1, 0.15) is 5.58 Å². The lowest BCUT2D eigenvalue weighted by Gasteiger charge is -2.23. The molecule has 0 unspecified atom stereocenters. The van der Waals surface area contributed by atoms with Crippen molar-refractivity contribution in [1.82, 2.24) is 4.31 Å². The Hall–Kier alpha value is -3.63. The van der Waals surface area contributed by atoms with Crippen molar-refractivity contribution < 1.29 is 35.5 Å². The van der Waals surface area contributed by atoms with Gasteiger partial charge in [0.15, 0.2) is 0 Å². The molecule has 0 saturated heterocycles. The molecule has 38 heavy (non-hydrogen) atoms. The Morgan fingerprint density at radius 1 is 0.974 bits per heavy atom. The number of furan rings is 1. The van der Waals surface area contributed by atoms with Gasteiger partial charge in [0.05, 0.1) is 17.1 Å². The van der Waals surface area contributed by atoms with Crippen molar-refractivity contribution in [2.75, 3.05) is 13.2 Å². The molecule has 0 radical (unpaired) electrons. The molecule has 1 heterocycles. The van der Waals surface area contributed by atoms with E-state index in [1.165, 1.54) is 34.6 Å². The number of aryl methyl sites for hydroxylation is 1. The third-order valence-corrected chi connectivity index (χ3v) is 7.95. The number of ether oxygens (including phenoxy) is 1. The molecule has 0 atom stereocenters. The highest BCUT2D eigenvalue weighted by Crippen LogP contribution is 2.32. The number of fused-ring (bicyclic) bond motifs is 1. The zero-order chi connectivity index (χ0) is 27.5. The predicted molar refractivity (Wildman–Crippen MR) is 136 cm³/mol. The van der Waals surface area contributed by atoms with Crippen LogP contribution in [0.5, 0.6) is 0 Å². The Bertz CT molecular complexity index is 1550. The molecule has 6 nitrogen and oxygen atoms in total. The number of benzene rings is 3. The molecular weight excluding hydrogens is 519 g/mol. The average molecular weight is 546 g/mol. The Labute approximate surface area is 218 Å². The molecular formula is C28H26F3NO5S. The number of halogens is 3. The van der Waals surface area contributed by atoms with E-state index in [0.717, 1.165) is 17.7 Å². The van der Waals surface area contributed by atoms with E-state index >= 15 is 0 Å². The molecule has 0 aliphatic carbocycles. The standard InChI is InChI=1S/C28H26F3NO5S/c1-3-36-27(33)26-19(2)24-17-23(12-13-25(24)37-26)38(34,35)32(15-14-20-8-5-4-6-9-20)18-21-10-7-11-22(16-21)28(29,30)31/h4-13,16-17H,3,14-15,18H2,1-2H3. The summed E-state index contributed by atoms with van der Waals surface area (Å²) in [7, 11) is -4.15. The number of hydrogen-bond acceptors (Lipinski definition) is 5. The Morgan fingerprint density at radius 3 is 2.37 bits per heavy atom. The van der Waals surface area contributed by atoms with E-state index in [-0.39, 0.29) is 35.9 Å². The number of carbonyl (C=O) groups excluding carboxylic acids is 1. The normalized spacial score (nSPS) is 12.3. The summed E-state index contributed by atoms with van der Waals surface area (Å²) in [5, 5.41) is 0.427. The second-order valence-electron chi connectivity index (χ2n) is 8.71. The highest BCUT2D eigenvalue weighted by molar-refractivity contribution is 7.89. The summed E-state index contributed by atoms with van der Waals surface area (Å²) < 4.78 is 79.3. The second-order valence-corrected chi connectivity index (χ2v) is 10.6. The number of nitrogens with zero attached hydrogens (tertiary/aromatic N) is 1. The fraction of sp³-hybridized carbons (Fsp3) is 0.250. The summed E-state index contributed by atoms with van der Waals surface area (Å²) in [4.78, 5) is 12.2. The van der Waals surface area contributed by atoms with Gasteiger partial charge in [-0.1, -0.05) is 48.5 Å². The minimum absolute atomic E-state index is 0.0127. The van der Waals surface area contributed by atoms with Crippen LogP contribution in [-0.2, 0) is 33.9 Å². The summed E-state index contributed by atoms with van der Waals surface area (Å²) in [5.74, 6) is -0.666. The largest absolute Gasteiger partial charge is 0.460 e. The first-order chi connectivity index (χ1) is 18.0. The van der Waals surface area contributed by atoms with E-state index in [1.807, 2.05) is 30.3 Å². The highest BCUT2D eigenvalue weighted by Gasteiger charge is 2.31. The summed E-state index contributed by atoms with van der Waals surface area (Å²) in [6.45, 7) is 3.23. The molecule has 0 amide bonds. The third-order valence-electron chi connectivity index (χ3n) is 6.11. The topological polar surface area (TPSA) is 76.8 Å². The highest BCUT2D eigenvalue weighted by atomic mass is 32.2. The summed E-state index contributed by atoms with van der Waals surface area (Å²) >= 11 is 0. The molecule has 0 bridgehead atoms. The van der Waals surface area contributed by atoms with Gasteiger partial charge in [-0.05, 0) is 55.7 Å². The fourth-order valence-electron chi connectivity index (χ4n) is 4.13. The zero-order valence-electron chi connectivity index (χ0n) is 20.8. The lowest BCUT2D eigenvalue weighted by atomic mass is 10.1. The van der Waals surface area contributed by atoms with E-state index in [1.54, 1.807) is 13.8 Å². The molecule has 0 saturated carbocycles. The molecule has 4 aromatic rings. The minimum Gasteiger partial charge on any atom is -0.460 e. The Balaban J connectivity index is 1.72. The van der Waals surface area contributed by atoms with E-state index in [2.05, 4.69) is 0 Å². The van der Waals surface area contributed by atoms with Crippen molar-refractivity contribution in [3.05, 3.63) is 101 Å². The predicted octanol–water partition coefficient (Wildman–Crippen LogP) is 6.37. The van der Waals surface area contributed by atoms with Gasteiger partial charge in [0, 0.05) is 24.0 Å². The van der Waals surface area contributed by atoms with E-state index in [4.69, 9.17) is 9.15 Å². The van der Waals surface area contributed by atoms with Gasteiger partial charge < -0.3 is 9.15 Å². The lowest BCUT2D eigenvalue weighted by Crippen LogP contribution is -2.32. The summed E-state index contributed by atoms with van der Waals surface area (Å²) in [6.07, 6.45) is -4.19. The number of hydrogen-bond donors (Lipinski definition) is 0. The van der Waals surface area contributed by atoms with Gasteiger partial charge in [-0.15, -0.1) is 0 Å². The summed E-state index contributed by atoms with van der Waals surface area (Å²) in [5.41, 5.74) is 0.998. The third kappa shape index (κ3) is 5.92.